The third-order valence-corrected chi connectivity index (χ3v) is 3.42. The Bertz CT molecular complexity index is 368. The largest absolute Gasteiger partial charge is 0.462 e. The topological polar surface area (TPSA) is 55.8 Å². The van der Waals surface area contributed by atoms with E-state index < -0.39 is 53.6 Å². The van der Waals surface area contributed by atoms with Crippen LogP contribution in [0.25, 0.3) is 0 Å². The highest BCUT2D eigenvalue weighted by Crippen LogP contribution is 2.62. The lowest BCUT2D eigenvalue weighted by molar-refractivity contribution is -0.354. The predicted molar refractivity (Wildman–Crippen MR) is 58.9 cm³/mol. The van der Waals surface area contributed by atoms with Gasteiger partial charge in [0.25, 0.3) is 0 Å². The van der Waals surface area contributed by atoms with Crippen molar-refractivity contribution in [1.82, 2.24) is 0 Å². The van der Waals surface area contributed by atoms with Gasteiger partial charge in [0.15, 0.2) is 0 Å². The molecule has 1 atom stereocenters. The van der Waals surface area contributed by atoms with E-state index in [1.807, 2.05) is 0 Å². The molecule has 1 unspecified atom stereocenters. The fourth-order valence-electron chi connectivity index (χ4n) is 0.982. The second-order valence-corrected chi connectivity index (χ2v) is 5.87. The van der Waals surface area contributed by atoms with Crippen LogP contribution in [0.4, 0.5) is 29.7 Å². The molecule has 0 bridgehead atoms. The Morgan fingerprint density at radius 1 is 1.19 bits per heavy atom. The number of carbonyl (C=O) groups excluding carboxylic acids is 1. The summed E-state index contributed by atoms with van der Waals surface area (Å²) in [5.74, 6) is -6.76. The first-order valence-corrected chi connectivity index (χ1v) is 7.18. The highest BCUT2D eigenvalue weighted by Gasteiger charge is 2.63. The zero-order valence-electron chi connectivity index (χ0n) is 10.8. The normalized spacial score (nSPS) is 17.2. The van der Waals surface area contributed by atoms with Crippen LogP contribution in [0, 0.1) is 0 Å². The molecule has 0 fully saturated rings. The van der Waals surface area contributed by atoms with Gasteiger partial charge in [-0.1, -0.05) is 0 Å². The van der Waals surface area contributed by atoms with Crippen molar-refractivity contribution in [3.05, 3.63) is 0 Å². The lowest BCUT2D eigenvalue weighted by Gasteiger charge is -2.30. The number of hydrogen-bond acceptors (Lipinski definition) is 4. The predicted octanol–water partition coefficient (Wildman–Crippen LogP) is 3.00. The van der Waals surface area contributed by atoms with Crippen LogP contribution >= 0.6 is 10.8 Å². The summed E-state index contributed by atoms with van der Waals surface area (Å²) in [7, 11) is -5.38. The molecule has 0 aromatic carbocycles. The molecule has 0 saturated carbocycles. The summed E-state index contributed by atoms with van der Waals surface area (Å²) in [6, 6.07) is 0. The van der Waals surface area contributed by atoms with Gasteiger partial charge in [0.2, 0.25) is 0 Å². The van der Waals surface area contributed by atoms with E-state index in [1.165, 1.54) is 0 Å². The quantitative estimate of drug-likeness (QED) is 0.436. The second-order valence-electron chi connectivity index (χ2n) is 3.82. The maximum absolute atomic E-state index is 12.9. The minimum atomic E-state index is -5.68. The number of esters is 1. The molecule has 0 heterocycles. The van der Waals surface area contributed by atoms with Crippen molar-refractivity contribution in [2.75, 3.05) is 19.5 Å². The second kappa shape index (κ2) is 6.57. The highest BCUT2D eigenvalue weighted by atomic mass is 32.3. The number of ether oxygens (including phenoxy) is 2. The Morgan fingerprint density at radius 3 is 2.00 bits per heavy atom. The summed E-state index contributed by atoms with van der Waals surface area (Å²) in [5.41, 5.74) is 0. The average Bonchev–Trinajstić information content (AvgIpc) is 2.25. The molecule has 0 spiro atoms. The van der Waals surface area contributed by atoms with E-state index >= 15 is 0 Å². The van der Waals surface area contributed by atoms with Crippen molar-refractivity contribution in [1.29, 1.82) is 0 Å². The molecule has 1 N–H and O–H groups in total. The molecular weight excluding hydrogens is 337 g/mol. The monoisotopic (exact) mass is 350 g/mol. The number of carbonyl (C=O) groups is 1. The molecule has 0 aliphatic rings. The zero-order chi connectivity index (χ0) is 17.1. The van der Waals surface area contributed by atoms with Crippen molar-refractivity contribution in [3.63, 3.8) is 0 Å². The van der Waals surface area contributed by atoms with Gasteiger partial charge in [-0.05, 0) is 6.92 Å². The van der Waals surface area contributed by atoms with E-state index in [2.05, 4.69) is 9.47 Å². The van der Waals surface area contributed by atoms with Gasteiger partial charge >= 0.3 is 23.2 Å². The molecule has 0 aromatic heterocycles. The molecule has 0 radical (unpaired) electrons. The van der Waals surface area contributed by atoms with Gasteiger partial charge in [-0.15, -0.1) is 0 Å². The molecule has 0 aliphatic heterocycles. The van der Waals surface area contributed by atoms with Crippen LogP contribution < -0.4 is 0 Å². The summed E-state index contributed by atoms with van der Waals surface area (Å²) in [6.45, 7) is -1.05. The molecule has 128 valence electrons. The van der Waals surface area contributed by atoms with E-state index in [0.29, 0.717) is 0 Å². The van der Waals surface area contributed by atoms with Gasteiger partial charge in [-0.2, -0.15) is 29.7 Å². The minimum absolute atomic E-state index is 0.0473. The van der Waals surface area contributed by atoms with E-state index in [-0.39, 0.29) is 6.26 Å². The molecule has 0 aromatic rings. The van der Waals surface area contributed by atoms with Gasteiger partial charge < -0.3 is 14.6 Å². The fourth-order valence-corrected chi connectivity index (χ4v) is 1.42. The maximum atomic E-state index is 12.9. The molecule has 12 heteroatoms. The lowest BCUT2D eigenvalue weighted by atomic mass is 10.2. The third kappa shape index (κ3) is 4.88. The van der Waals surface area contributed by atoms with Crippen molar-refractivity contribution >= 4 is 16.8 Å². The van der Waals surface area contributed by atoms with E-state index in [4.69, 9.17) is 5.11 Å². The number of hydrogen-bond donors (Lipinski definition) is 1. The van der Waals surface area contributed by atoms with Gasteiger partial charge in [-0.3, -0.25) is 0 Å². The van der Waals surface area contributed by atoms with Gasteiger partial charge in [0, 0.05) is 12.7 Å². The van der Waals surface area contributed by atoms with E-state index in [1.54, 1.807) is 0 Å². The Hall–Kier alpha value is -0.750. The number of aliphatic hydroxyl groups is 1. The van der Waals surface area contributed by atoms with Gasteiger partial charge in [-0.25, -0.2) is 4.79 Å². The van der Waals surface area contributed by atoms with Crippen molar-refractivity contribution in [2.45, 2.75) is 30.6 Å². The third-order valence-electron chi connectivity index (χ3n) is 2.16. The molecule has 0 saturated heterocycles. The van der Waals surface area contributed by atoms with Crippen molar-refractivity contribution in [3.8, 4) is 0 Å². The van der Waals surface area contributed by atoms with Crippen LogP contribution in [0.2, 0.25) is 0 Å². The maximum Gasteiger partial charge on any atom is 0.455 e. The Kier molecular flexibility index (Phi) is 6.33. The molecular formula is C9H13F7O4S. The first-order chi connectivity index (χ1) is 9.19. The SMILES string of the molecule is CCOC(=O)C(O)(OCCC(F)(F)S(C)(F)F)C(F)(F)F. The smallest absolute Gasteiger partial charge is 0.455 e. The summed E-state index contributed by atoms with van der Waals surface area (Å²) in [6.07, 6.45) is -7.53. The highest BCUT2D eigenvalue weighted by molar-refractivity contribution is 8.25. The van der Waals surface area contributed by atoms with Crippen LogP contribution in [0.5, 0.6) is 0 Å². The average molecular weight is 350 g/mol. The molecule has 0 aliphatic carbocycles. The Labute approximate surface area is 117 Å². The molecule has 4 nitrogen and oxygen atoms in total. The van der Waals surface area contributed by atoms with Crippen LogP contribution in [0.15, 0.2) is 0 Å². The lowest BCUT2D eigenvalue weighted by Crippen LogP contribution is -2.55. The van der Waals surface area contributed by atoms with E-state index in [0.717, 1.165) is 6.92 Å². The number of rotatable bonds is 7. The zero-order valence-corrected chi connectivity index (χ0v) is 11.7. The first-order valence-electron chi connectivity index (χ1n) is 5.34. The summed E-state index contributed by atoms with van der Waals surface area (Å²) >= 11 is 0. The summed E-state index contributed by atoms with van der Waals surface area (Å²) in [5, 5.41) is 4.51. The van der Waals surface area contributed by atoms with E-state index in [9.17, 15) is 34.5 Å². The fraction of sp³-hybridized carbons (Fsp3) is 0.889. The minimum Gasteiger partial charge on any atom is -0.462 e. The first kappa shape index (κ1) is 20.2. The molecule has 0 amide bonds. The van der Waals surface area contributed by atoms with Gasteiger partial charge in [0.05, 0.1) is 13.2 Å². The van der Waals surface area contributed by atoms with Gasteiger partial charge in [0.1, 0.15) is 10.8 Å². The Morgan fingerprint density at radius 2 is 1.67 bits per heavy atom. The summed E-state index contributed by atoms with van der Waals surface area (Å²) in [4.78, 5) is 11.0. The van der Waals surface area contributed by atoms with Crippen molar-refractivity contribution < 1.29 is 49.1 Å². The molecule has 0 rings (SSSR count). The van der Waals surface area contributed by atoms with Crippen LogP contribution in [-0.2, 0) is 14.3 Å². The number of alkyl halides is 5. The van der Waals surface area contributed by atoms with Crippen LogP contribution in [0.3, 0.4) is 0 Å². The molecule has 21 heavy (non-hydrogen) atoms. The van der Waals surface area contributed by atoms with Crippen LogP contribution in [-0.4, -0.2) is 47.8 Å². The Balaban J connectivity index is 4.93. The number of halogens is 7. The van der Waals surface area contributed by atoms with Crippen LogP contribution in [0.1, 0.15) is 13.3 Å². The van der Waals surface area contributed by atoms with Crippen molar-refractivity contribution in [2.24, 2.45) is 0 Å². The summed E-state index contributed by atoms with van der Waals surface area (Å²) < 4.78 is 96.0. The standard InChI is InChI=1S/C9H13F7O4S/c1-3-19-6(17)8(18,9(12,13)14)20-5-4-7(10,11)21(2,15)16/h18H,3-5H2,1-2H3.